The zero-order chi connectivity index (χ0) is 13.5. The van der Waals surface area contributed by atoms with Gasteiger partial charge in [0.15, 0.2) is 5.96 Å². The van der Waals surface area contributed by atoms with Crippen LogP contribution in [0.4, 0.5) is 0 Å². The Kier molecular flexibility index (Phi) is 5.03. The Morgan fingerprint density at radius 3 is 3.21 bits per heavy atom. The average Bonchev–Trinajstić information content (AvgIpc) is 2.44. The Hall–Kier alpha value is -1.75. The van der Waals surface area contributed by atoms with Gasteiger partial charge in [-0.05, 0) is 12.5 Å². The molecule has 1 heterocycles. The monoisotopic (exact) mass is 263 g/mol. The summed E-state index contributed by atoms with van der Waals surface area (Å²) in [5, 5.41) is 3.26. The predicted octanol–water partition coefficient (Wildman–Crippen LogP) is 1.45. The number of nitrogens with zero attached hydrogens (tertiary/aromatic N) is 1. The number of fused-ring (bicyclic) bond motifs is 1. The molecular weight excluding hydrogens is 242 g/mol. The zero-order valence-electron chi connectivity index (χ0n) is 11.3. The van der Waals surface area contributed by atoms with Crippen LogP contribution in [-0.4, -0.2) is 32.8 Å². The van der Waals surface area contributed by atoms with Gasteiger partial charge < -0.3 is 20.5 Å². The fourth-order valence-electron chi connectivity index (χ4n) is 2.12. The standard InChI is InChI=1S/C14H21N3O2/c1-18-9-4-8-16-14(15)17-12-7-10-19-13-6-3-2-5-11(12)13/h2-3,5-6,12H,4,7-10H2,1H3,(H3,15,16,17). The lowest BCUT2D eigenvalue weighted by atomic mass is 10.0. The number of rotatable bonds is 5. The minimum atomic E-state index is 0.177. The molecule has 1 unspecified atom stereocenters. The number of ether oxygens (including phenoxy) is 2. The van der Waals surface area contributed by atoms with Crippen LogP contribution in [0.2, 0.25) is 0 Å². The second-order valence-corrected chi connectivity index (χ2v) is 4.49. The van der Waals surface area contributed by atoms with Gasteiger partial charge in [0.2, 0.25) is 0 Å². The molecule has 2 rings (SSSR count). The highest BCUT2D eigenvalue weighted by molar-refractivity contribution is 5.78. The van der Waals surface area contributed by atoms with Crippen LogP contribution in [0.15, 0.2) is 29.3 Å². The third-order valence-electron chi connectivity index (χ3n) is 3.07. The largest absolute Gasteiger partial charge is 0.493 e. The van der Waals surface area contributed by atoms with Crippen LogP contribution < -0.4 is 15.8 Å². The van der Waals surface area contributed by atoms with E-state index in [1.807, 2.05) is 18.2 Å². The minimum absolute atomic E-state index is 0.177. The van der Waals surface area contributed by atoms with Gasteiger partial charge in [0.1, 0.15) is 5.75 Å². The molecule has 1 aromatic rings. The normalized spacial score (nSPS) is 18.6. The Labute approximate surface area is 113 Å². The van der Waals surface area contributed by atoms with E-state index in [9.17, 15) is 0 Å². The molecule has 1 atom stereocenters. The minimum Gasteiger partial charge on any atom is -0.493 e. The summed E-state index contributed by atoms with van der Waals surface area (Å²) < 4.78 is 10.6. The van der Waals surface area contributed by atoms with Crippen molar-refractivity contribution in [2.75, 3.05) is 26.9 Å². The van der Waals surface area contributed by atoms with Crippen LogP contribution in [0, 0.1) is 0 Å². The number of hydrogen-bond acceptors (Lipinski definition) is 3. The van der Waals surface area contributed by atoms with Crippen molar-refractivity contribution in [2.24, 2.45) is 10.7 Å². The summed E-state index contributed by atoms with van der Waals surface area (Å²) in [5.74, 6) is 1.41. The SMILES string of the molecule is COCCCN=C(N)NC1CCOc2ccccc21. The molecule has 0 radical (unpaired) electrons. The fourth-order valence-corrected chi connectivity index (χ4v) is 2.12. The lowest BCUT2D eigenvalue weighted by molar-refractivity contribution is 0.197. The fraction of sp³-hybridized carbons (Fsp3) is 0.500. The average molecular weight is 263 g/mol. The van der Waals surface area contributed by atoms with Gasteiger partial charge in [-0.15, -0.1) is 0 Å². The summed E-state index contributed by atoms with van der Waals surface area (Å²) >= 11 is 0. The van der Waals surface area contributed by atoms with Crippen molar-refractivity contribution in [3.05, 3.63) is 29.8 Å². The van der Waals surface area contributed by atoms with Crippen LogP contribution in [0.1, 0.15) is 24.4 Å². The first kappa shape index (κ1) is 13.7. The van der Waals surface area contributed by atoms with E-state index in [1.165, 1.54) is 0 Å². The Morgan fingerprint density at radius 2 is 2.37 bits per heavy atom. The summed E-state index contributed by atoms with van der Waals surface area (Å²) in [7, 11) is 1.68. The lowest BCUT2D eigenvalue weighted by Gasteiger charge is -2.26. The van der Waals surface area contributed by atoms with E-state index in [1.54, 1.807) is 7.11 Å². The molecule has 0 saturated heterocycles. The molecule has 1 aliphatic rings. The molecular formula is C14H21N3O2. The van der Waals surface area contributed by atoms with E-state index in [4.69, 9.17) is 15.2 Å². The van der Waals surface area contributed by atoms with Crippen molar-refractivity contribution in [1.82, 2.24) is 5.32 Å². The molecule has 104 valence electrons. The van der Waals surface area contributed by atoms with Gasteiger partial charge in [0, 0.05) is 32.2 Å². The number of para-hydroxylation sites is 1. The van der Waals surface area contributed by atoms with Gasteiger partial charge in [0.05, 0.1) is 12.6 Å². The molecule has 0 amide bonds. The lowest BCUT2D eigenvalue weighted by Crippen LogP contribution is -2.37. The second-order valence-electron chi connectivity index (χ2n) is 4.49. The van der Waals surface area contributed by atoms with E-state index in [0.717, 1.165) is 24.2 Å². The van der Waals surface area contributed by atoms with Gasteiger partial charge in [-0.1, -0.05) is 18.2 Å². The van der Waals surface area contributed by atoms with Crippen molar-refractivity contribution in [3.63, 3.8) is 0 Å². The molecule has 3 N–H and O–H groups in total. The molecule has 0 bridgehead atoms. The maximum absolute atomic E-state index is 5.90. The summed E-state index contributed by atoms with van der Waals surface area (Å²) in [6, 6.07) is 8.20. The summed E-state index contributed by atoms with van der Waals surface area (Å²) in [4.78, 5) is 4.29. The number of guanidine groups is 1. The number of methoxy groups -OCH3 is 1. The van der Waals surface area contributed by atoms with Gasteiger partial charge in [0.25, 0.3) is 0 Å². The number of nitrogens with two attached hydrogens (primary N) is 1. The smallest absolute Gasteiger partial charge is 0.189 e. The van der Waals surface area contributed by atoms with Gasteiger partial charge in [-0.3, -0.25) is 4.99 Å². The van der Waals surface area contributed by atoms with Crippen molar-refractivity contribution in [2.45, 2.75) is 18.9 Å². The maximum atomic E-state index is 5.90. The Morgan fingerprint density at radius 1 is 1.53 bits per heavy atom. The van der Waals surface area contributed by atoms with Crippen LogP contribution in [-0.2, 0) is 4.74 Å². The summed E-state index contributed by atoms with van der Waals surface area (Å²) in [6.07, 6.45) is 1.77. The number of nitrogens with one attached hydrogen (secondary N) is 1. The van der Waals surface area contributed by atoms with Crippen LogP contribution in [0.3, 0.4) is 0 Å². The van der Waals surface area contributed by atoms with E-state index in [0.29, 0.717) is 25.7 Å². The molecule has 1 aliphatic heterocycles. The molecule has 0 saturated carbocycles. The highest BCUT2D eigenvalue weighted by atomic mass is 16.5. The van der Waals surface area contributed by atoms with Crippen LogP contribution >= 0.6 is 0 Å². The van der Waals surface area contributed by atoms with Gasteiger partial charge in [-0.2, -0.15) is 0 Å². The van der Waals surface area contributed by atoms with Crippen molar-refractivity contribution in [1.29, 1.82) is 0 Å². The maximum Gasteiger partial charge on any atom is 0.189 e. The second kappa shape index (κ2) is 6.99. The summed E-state index contributed by atoms with van der Waals surface area (Å²) in [5.41, 5.74) is 7.04. The Bertz CT molecular complexity index is 434. The van der Waals surface area contributed by atoms with E-state index >= 15 is 0 Å². The summed E-state index contributed by atoms with van der Waals surface area (Å²) in [6.45, 7) is 2.08. The number of hydrogen-bond donors (Lipinski definition) is 2. The van der Waals surface area contributed by atoms with Crippen molar-refractivity contribution in [3.8, 4) is 5.75 Å². The number of aliphatic imine (C=N–C) groups is 1. The Balaban J connectivity index is 1.93. The first-order valence-corrected chi connectivity index (χ1v) is 6.58. The molecule has 0 aromatic heterocycles. The molecule has 5 nitrogen and oxygen atoms in total. The first-order valence-electron chi connectivity index (χ1n) is 6.58. The number of benzene rings is 1. The third kappa shape index (κ3) is 3.86. The third-order valence-corrected chi connectivity index (χ3v) is 3.07. The molecule has 0 fully saturated rings. The molecule has 19 heavy (non-hydrogen) atoms. The first-order chi connectivity index (χ1) is 9.31. The zero-order valence-corrected chi connectivity index (χ0v) is 11.3. The van der Waals surface area contributed by atoms with Crippen molar-refractivity contribution >= 4 is 5.96 Å². The molecule has 0 spiro atoms. The highest BCUT2D eigenvalue weighted by Crippen LogP contribution is 2.31. The predicted molar refractivity (Wildman–Crippen MR) is 75.4 cm³/mol. The van der Waals surface area contributed by atoms with E-state index in [-0.39, 0.29) is 6.04 Å². The van der Waals surface area contributed by atoms with Crippen LogP contribution in [0.25, 0.3) is 0 Å². The van der Waals surface area contributed by atoms with E-state index < -0.39 is 0 Å². The quantitative estimate of drug-likeness (QED) is 0.479. The molecule has 5 heteroatoms. The topological polar surface area (TPSA) is 68.9 Å². The van der Waals surface area contributed by atoms with Crippen molar-refractivity contribution < 1.29 is 9.47 Å². The molecule has 0 aliphatic carbocycles. The van der Waals surface area contributed by atoms with Crippen LogP contribution in [0.5, 0.6) is 5.75 Å². The molecule has 1 aromatic carbocycles. The highest BCUT2D eigenvalue weighted by Gasteiger charge is 2.20. The van der Waals surface area contributed by atoms with E-state index in [2.05, 4.69) is 16.4 Å². The van der Waals surface area contributed by atoms with Gasteiger partial charge >= 0.3 is 0 Å². The van der Waals surface area contributed by atoms with Gasteiger partial charge in [-0.25, -0.2) is 0 Å².